The fourth-order valence-corrected chi connectivity index (χ4v) is 1.60. The number of hydrogen-bond donors (Lipinski definition) is 2. The number of nitrogen functional groups attached to an aromatic ring is 1. The van der Waals surface area contributed by atoms with Crippen molar-refractivity contribution in [3.8, 4) is 0 Å². The van der Waals surface area contributed by atoms with Crippen molar-refractivity contribution in [2.24, 2.45) is 0 Å². The third kappa shape index (κ3) is 6.78. The monoisotopic (exact) mass is 278 g/mol. The molecule has 5 nitrogen and oxygen atoms in total. The van der Waals surface area contributed by atoms with Crippen LogP contribution in [0.1, 0.15) is 31.7 Å². The lowest BCUT2D eigenvalue weighted by Gasteiger charge is -2.06. The van der Waals surface area contributed by atoms with Gasteiger partial charge in [0.1, 0.15) is 0 Å². The van der Waals surface area contributed by atoms with Gasteiger partial charge in [-0.1, -0.05) is 25.5 Å². The Kier molecular flexibility index (Phi) is 7.17. The fraction of sp³-hybridized carbons (Fsp3) is 0.467. The molecule has 1 aromatic carbocycles. The highest BCUT2D eigenvalue weighted by molar-refractivity contribution is 5.80. The van der Waals surface area contributed by atoms with E-state index < -0.39 is 0 Å². The summed E-state index contributed by atoms with van der Waals surface area (Å²) >= 11 is 0. The lowest BCUT2D eigenvalue weighted by atomic mass is 10.1. The van der Waals surface area contributed by atoms with E-state index in [1.165, 1.54) is 0 Å². The zero-order valence-corrected chi connectivity index (χ0v) is 11.9. The minimum Gasteiger partial charge on any atom is -0.456 e. The van der Waals surface area contributed by atoms with Crippen LogP contribution in [0.2, 0.25) is 0 Å². The summed E-state index contributed by atoms with van der Waals surface area (Å²) in [4.78, 5) is 22.8. The minimum absolute atomic E-state index is 0.204. The van der Waals surface area contributed by atoms with Crippen LogP contribution in [0.3, 0.4) is 0 Å². The summed E-state index contributed by atoms with van der Waals surface area (Å²) in [5.74, 6) is -0.619. The Hall–Kier alpha value is -2.04. The van der Waals surface area contributed by atoms with E-state index in [4.69, 9.17) is 10.5 Å². The van der Waals surface area contributed by atoms with E-state index >= 15 is 0 Å². The SMILES string of the molecule is CCCCNC(=O)COC(=O)CCc1ccc(N)cc1. The molecular weight excluding hydrogens is 256 g/mol. The summed E-state index contributed by atoms with van der Waals surface area (Å²) in [5.41, 5.74) is 7.29. The van der Waals surface area contributed by atoms with Crippen LogP contribution in [0.5, 0.6) is 0 Å². The number of amides is 1. The molecule has 1 amide bonds. The Balaban J connectivity index is 2.17. The van der Waals surface area contributed by atoms with Crippen molar-refractivity contribution in [1.29, 1.82) is 0 Å². The summed E-state index contributed by atoms with van der Waals surface area (Å²) in [5, 5.41) is 2.69. The molecule has 0 fully saturated rings. The quantitative estimate of drug-likeness (QED) is 0.430. The van der Waals surface area contributed by atoms with Crippen LogP contribution in [-0.4, -0.2) is 25.0 Å². The predicted octanol–water partition coefficient (Wildman–Crippen LogP) is 1.66. The van der Waals surface area contributed by atoms with Gasteiger partial charge >= 0.3 is 5.97 Å². The van der Waals surface area contributed by atoms with E-state index in [2.05, 4.69) is 5.32 Å². The van der Waals surface area contributed by atoms with Crippen LogP contribution in [0.15, 0.2) is 24.3 Å². The Morgan fingerprint density at radius 2 is 1.95 bits per heavy atom. The Morgan fingerprint density at radius 1 is 1.25 bits per heavy atom. The van der Waals surface area contributed by atoms with Gasteiger partial charge in [0.15, 0.2) is 6.61 Å². The molecule has 1 aromatic rings. The molecule has 0 aliphatic heterocycles. The van der Waals surface area contributed by atoms with E-state index in [1.54, 1.807) is 12.1 Å². The molecule has 0 spiro atoms. The van der Waals surface area contributed by atoms with Gasteiger partial charge in [-0.25, -0.2) is 0 Å². The van der Waals surface area contributed by atoms with Crippen molar-refractivity contribution in [1.82, 2.24) is 5.32 Å². The largest absolute Gasteiger partial charge is 0.456 e. The number of benzene rings is 1. The van der Waals surface area contributed by atoms with Crippen LogP contribution < -0.4 is 11.1 Å². The predicted molar refractivity (Wildman–Crippen MR) is 78.1 cm³/mol. The average Bonchev–Trinajstić information content (AvgIpc) is 2.45. The molecule has 3 N–H and O–H groups in total. The van der Waals surface area contributed by atoms with Crippen LogP contribution >= 0.6 is 0 Å². The van der Waals surface area contributed by atoms with E-state index in [0.717, 1.165) is 18.4 Å². The Morgan fingerprint density at radius 3 is 2.60 bits per heavy atom. The summed E-state index contributed by atoms with van der Waals surface area (Å²) in [6, 6.07) is 7.34. The number of carbonyl (C=O) groups excluding carboxylic acids is 2. The van der Waals surface area contributed by atoms with E-state index in [9.17, 15) is 9.59 Å². The highest BCUT2D eigenvalue weighted by Gasteiger charge is 2.07. The van der Waals surface area contributed by atoms with E-state index in [0.29, 0.717) is 18.7 Å². The fourth-order valence-electron chi connectivity index (χ4n) is 1.60. The van der Waals surface area contributed by atoms with E-state index in [-0.39, 0.29) is 24.9 Å². The summed E-state index contributed by atoms with van der Waals surface area (Å²) in [6.07, 6.45) is 2.78. The van der Waals surface area contributed by atoms with Gasteiger partial charge in [-0.05, 0) is 30.5 Å². The number of unbranched alkanes of at least 4 members (excludes halogenated alkanes) is 1. The van der Waals surface area contributed by atoms with Gasteiger partial charge in [-0.15, -0.1) is 0 Å². The summed E-state index contributed by atoms with van der Waals surface area (Å²) < 4.78 is 4.90. The topological polar surface area (TPSA) is 81.4 Å². The lowest BCUT2D eigenvalue weighted by molar-refractivity contribution is -0.148. The molecule has 0 saturated carbocycles. The number of esters is 1. The lowest BCUT2D eigenvalue weighted by Crippen LogP contribution is -2.29. The zero-order chi connectivity index (χ0) is 14.8. The van der Waals surface area contributed by atoms with Crippen molar-refractivity contribution in [2.75, 3.05) is 18.9 Å². The molecule has 1 rings (SSSR count). The number of nitrogens with one attached hydrogen (secondary N) is 1. The average molecular weight is 278 g/mol. The standard InChI is InChI=1S/C15H22N2O3/c1-2-3-10-17-14(18)11-20-15(19)9-6-12-4-7-13(16)8-5-12/h4-5,7-8H,2-3,6,9-11,16H2,1H3,(H,17,18). The molecule has 0 atom stereocenters. The maximum atomic E-state index is 11.5. The van der Waals surface area contributed by atoms with Crippen molar-refractivity contribution in [2.45, 2.75) is 32.6 Å². The second kappa shape index (κ2) is 8.96. The smallest absolute Gasteiger partial charge is 0.306 e. The first kappa shape index (κ1) is 16.0. The van der Waals surface area contributed by atoms with E-state index in [1.807, 2.05) is 19.1 Å². The molecule has 0 radical (unpaired) electrons. The van der Waals surface area contributed by atoms with Gasteiger partial charge in [0.05, 0.1) is 0 Å². The number of hydrogen-bond acceptors (Lipinski definition) is 4. The molecular formula is C15H22N2O3. The minimum atomic E-state index is -0.368. The van der Waals surface area contributed by atoms with Crippen molar-refractivity contribution < 1.29 is 14.3 Å². The molecule has 110 valence electrons. The van der Waals surface area contributed by atoms with Crippen molar-refractivity contribution in [3.05, 3.63) is 29.8 Å². The van der Waals surface area contributed by atoms with Gasteiger partial charge in [-0.2, -0.15) is 0 Å². The second-order valence-electron chi connectivity index (χ2n) is 4.61. The molecule has 0 heterocycles. The molecule has 0 bridgehead atoms. The third-order valence-electron chi connectivity index (χ3n) is 2.81. The summed E-state index contributed by atoms with van der Waals surface area (Å²) in [6.45, 7) is 2.46. The van der Waals surface area contributed by atoms with Gasteiger partial charge in [0, 0.05) is 18.7 Å². The Bertz CT molecular complexity index is 429. The first-order chi connectivity index (χ1) is 9.61. The molecule has 0 saturated heterocycles. The van der Waals surface area contributed by atoms with Crippen LogP contribution in [0.4, 0.5) is 5.69 Å². The molecule has 5 heteroatoms. The van der Waals surface area contributed by atoms with Crippen LogP contribution in [0, 0.1) is 0 Å². The van der Waals surface area contributed by atoms with Crippen LogP contribution in [-0.2, 0) is 20.7 Å². The van der Waals surface area contributed by atoms with Gasteiger partial charge < -0.3 is 15.8 Å². The summed E-state index contributed by atoms with van der Waals surface area (Å²) in [7, 11) is 0. The molecule has 0 unspecified atom stereocenters. The molecule has 20 heavy (non-hydrogen) atoms. The molecule has 0 aliphatic carbocycles. The zero-order valence-electron chi connectivity index (χ0n) is 11.9. The van der Waals surface area contributed by atoms with Crippen molar-refractivity contribution in [3.63, 3.8) is 0 Å². The number of anilines is 1. The first-order valence-electron chi connectivity index (χ1n) is 6.88. The van der Waals surface area contributed by atoms with Gasteiger partial charge in [-0.3, -0.25) is 9.59 Å². The van der Waals surface area contributed by atoms with Crippen molar-refractivity contribution >= 4 is 17.6 Å². The number of nitrogens with two attached hydrogens (primary N) is 1. The number of ether oxygens (including phenoxy) is 1. The van der Waals surface area contributed by atoms with Gasteiger partial charge in [0.2, 0.25) is 0 Å². The maximum absolute atomic E-state index is 11.5. The number of carbonyl (C=O) groups is 2. The molecule has 0 aliphatic rings. The van der Waals surface area contributed by atoms with Crippen LogP contribution in [0.25, 0.3) is 0 Å². The Labute approximate surface area is 119 Å². The van der Waals surface area contributed by atoms with Gasteiger partial charge in [0.25, 0.3) is 5.91 Å². The first-order valence-corrected chi connectivity index (χ1v) is 6.88. The third-order valence-corrected chi connectivity index (χ3v) is 2.81. The number of aryl methyl sites for hydroxylation is 1. The number of rotatable bonds is 8. The second-order valence-corrected chi connectivity index (χ2v) is 4.61. The highest BCUT2D eigenvalue weighted by Crippen LogP contribution is 2.08. The molecule has 0 aromatic heterocycles. The highest BCUT2D eigenvalue weighted by atomic mass is 16.5. The normalized spacial score (nSPS) is 10.1. The maximum Gasteiger partial charge on any atom is 0.306 e.